The third-order valence-corrected chi connectivity index (χ3v) is 11.8. The molecule has 2 aromatic heterocycles. The number of benzene rings is 10. The summed E-state index contributed by atoms with van der Waals surface area (Å²) in [6.07, 6.45) is 0. The van der Waals surface area contributed by atoms with Crippen molar-refractivity contribution in [2.75, 3.05) is 9.80 Å². The Kier molecular flexibility index (Phi) is 7.82. The Labute approximate surface area is 346 Å². The van der Waals surface area contributed by atoms with Gasteiger partial charge in [-0.3, -0.25) is 0 Å². The molecule has 4 nitrogen and oxygen atoms in total. The van der Waals surface area contributed by atoms with E-state index in [9.17, 15) is 0 Å². The summed E-state index contributed by atoms with van der Waals surface area (Å²) in [4.78, 5) is 4.72. The number of rotatable bonds is 7. The standard InChI is InChI=1S/C56H36N2O2/c1-3-13-37(14-4-1)39-15-11-18-42(31-39)58(45-28-27-38-25-26-40-32-56-52(36-50(40)49(38)34-45)48-22-8-10-24-54(48)60-56)44-20-12-19-43(33-44)57(41-16-5-2-6-17-41)46-29-30-55-51(35-46)47-21-7-9-23-53(47)59-55/h1-36H. The molecule has 10 aromatic carbocycles. The fourth-order valence-corrected chi connectivity index (χ4v) is 8.95. The van der Waals surface area contributed by atoms with Crippen molar-refractivity contribution in [2.24, 2.45) is 0 Å². The summed E-state index contributed by atoms with van der Waals surface area (Å²) in [6, 6.07) is 77.7. The first-order valence-electron chi connectivity index (χ1n) is 20.3. The predicted molar refractivity (Wildman–Crippen MR) is 251 cm³/mol. The first-order chi connectivity index (χ1) is 29.7. The Hall–Kier alpha value is -8.08. The zero-order valence-electron chi connectivity index (χ0n) is 32.5. The van der Waals surface area contributed by atoms with Gasteiger partial charge in [-0.1, -0.05) is 121 Å². The summed E-state index contributed by atoms with van der Waals surface area (Å²) in [6.45, 7) is 0. The minimum absolute atomic E-state index is 0.872. The molecule has 2 heterocycles. The van der Waals surface area contributed by atoms with Crippen molar-refractivity contribution < 1.29 is 8.83 Å². The molecule has 0 fully saturated rings. The maximum atomic E-state index is 6.31. The van der Waals surface area contributed by atoms with Gasteiger partial charge in [-0.15, -0.1) is 0 Å². The topological polar surface area (TPSA) is 32.8 Å². The number of fused-ring (bicyclic) bond motifs is 9. The number of hydrogen-bond acceptors (Lipinski definition) is 4. The smallest absolute Gasteiger partial charge is 0.136 e. The monoisotopic (exact) mass is 768 g/mol. The van der Waals surface area contributed by atoms with Gasteiger partial charge in [-0.25, -0.2) is 0 Å². The van der Waals surface area contributed by atoms with Gasteiger partial charge in [0.05, 0.1) is 0 Å². The molecule has 0 aliphatic rings. The van der Waals surface area contributed by atoms with Crippen LogP contribution in [0, 0.1) is 0 Å². The summed E-state index contributed by atoms with van der Waals surface area (Å²) in [5, 5.41) is 9.14. The van der Waals surface area contributed by atoms with Crippen LogP contribution in [-0.2, 0) is 0 Å². The predicted octanol–water partition coefficient (Wildman–Crippen LogP) is 16.4. The highest BCUT2D eigenvalue weighted by molar-refractivity contribution is 6.17. The lowest BCUT2D eigenvalue weighted by Crippen LogP contribution is -2.13. The van der Waals surface area contributed by atoms with Gasteiger partial charge in [0, 0.05) is 55.7 Å². The lowest BCUT2D eigenvalue weighted by atomic mass is 9.98. The highest BCUT2D eigenvalue weighted by atomic mass is 16.3. The van der Waals surface area contributed by atoms with E-state index in [1.54, 1.807) is 0 Å². The lowest BCUT2D eigenvalue weighted by molar-refractivity contribution is 0.668. The highest BCUT2D eigenvalue weighted by Crippen LogP contribution is 2.44. The third kappa shape index (κ3) is 5.69. The van der Waals surface area contributed by atoms with E-state index in [0.717, 1.165) is 89.0 Å². The van der Waals surface area contributed by atoms with E-state index in [-0.39, 0.29) is 0 Å². The van der Waals surface area contributed by atoms with Crippen molar-refractivity contribution in [2.45, 2.75) is 0 Å². The van der Waals surface area contributed by atoms with E-state index in [1.807, 2.05) is 24.3 Å². The van der Waals surface area contributed by atoms with Crippen LogP contribution in [0.5, 0.6) is 0 Å². The molecule has 0 atom stereocenters. The zero-order chi connectivity index (χ0) is 39.6. The van der Waals surface area contributed by atoms with E-state index in [4.69, 9.17) is 8.83 Å². The summed E-state index contributed by atoms with van der Waals surface area (Å²) >= 11 is 0. The Morgan fingerprint density at radius 2 is 0.700 bits per heavy atom. The van der Waals surface area contributed by atoms with Gasteiger partial charge >= 0.3 is 0 Å². The number of furan rings is 2. The minimum Gasteiger partial charge on any atom is -0.456 e. The fraction of sp³-hybridized carbons (Fsp3) is 0. The molecule has 12 aromatic rings. The van der Waals surface area contributed by atoms with Crippen LogP contribution in [0.25, 0.3) is 76.5 Å². The SMILES string of the molecule is c1ccc(-c2cccc(N(c3cccc(N(c4ccccc4)c4ccc5oc6ccccc6c5c4)c3)c3ccc4ccc5cc6oc7ccccc7c6cc5c4c3)c2)cc1. The Bertz CT molecular complexity index is 3570. The zero-order valence-corrected chi connectivity index (χ0v) is 32.5. The molecule has 0 aliphatic carbocycles. The lowest BCUT2D eigenvalue weighted by Gasteiger charge is -2.30. The molecule has 0 saturated heterocycles. The van der Waals surface area contributed by atoms with Gasteiger partial charge in [0.2, 0.25) is 0 Å². The van der Waals surface area contributed by atoms with E-state index in [2.05, 4.69) is 204 Å². The average molecular weight is 769 g/mol. The molecule has 0 bridgehead atoms. The van der Waals surface area contributed by atoms with Crippen LogP contribution in [0.2, 0.25) is 0 Å². The maximum absolute atomic E-state index is 6.31. The van der Waals surface area contributed by atoms with Crippen molar-refractivity contribution in [3.05, 3.63) is 218 Å². The number of anilines is 6. The van der Waals surface area contributed by atoms with Crippen LogP contribution >= 0.6 is 0 Å². The van der Waals surface area contributed by atoms with Crippen LogP contribution in [0.4, 0.5) is 34.1 Å². The molecule has 0 radical (unpaired) electrons. The van der Waals surface area contributed by atoms with Gasteiger partial charge in [-0.05, 0) is 130 Å². The second-order valence-corrected chi connectivity index (χ2v) is 15.4. The largest absolute Gasteiger partial charge is 0.456 e. The van der Waals surface area contributed by atoms with Gasteiger partial charge < -0.3 is 18.6 Å². The van der Waals surface area contributed by atoms with E-state index >= 15 is 0 Å². The molecule has 0 unspecified atom stereocenters. The Balaban J connectivity index is 1.06. The minimum atomic E-state index is 0.872. The molecule has 0 spiro atoms. The second-order valence-electron chi connectivity index (χ2n) is 15.4. The third-order valence-electron chi connectivity index (χ3n) is 11.8. The van der Waals surface area contributed by atoms with Crippen LogP contribution < -0.4 is 9.80 Å². The van der Waals surface area contributed by atoms with Crippen molar-refractivity contribution in [1.82, 2.24) is 0 Å². The maximum Gasteiger partial charge on any atom is 0.136 e. The van der Waals surface area contributed by atoms with E-state index in [0.29, 0.717) is 0 Å². The van der Waals surface area contributed by atoms with Crippen LogP contribution in [0.1, 0.15) is 0 Å². The molecule has 282 valence electrons. The average Bonchev–Trinajstić information content (AvgIpc) is 3.87. The molecular weight excluding hydrogens is 733 g/mol. The molecule has 60 heavy (non-hydrogen) atoms. The van der Waals surface area contributed by atoms with Gasteiger partial charge in [0.25, 0.3) is 0 Å². The first-order valence-corrected chi connectivity index (χ1v) is 20.3. The molecule has 0 saturated carbocycles. The molecule has 0 amide bonds. The molecule has 0 N–H and O–H groups in total. The highest BCUT2D eigenvalue weighted by Gasteiger charge is 2.20. The number of para-hydroxylation sites is 3. The second kappa shape index (κ2) is 13.8. The van der Waals surface area contributed by atoms with Crippen LogP contribution in [0.3, 0.4) is 0 Å². The molecule has 0 aliphatic heterocycles. The molecule has 4 heteroatoms. The van der Waals surface area contributed by atoms with Gasteiger partial charge in [-0.2, -0.15) is 0 Å². The van der Waals surface area contributed by atoms with Crippen molar-refractivity contribution in [3.63, 3.8) is 0 Å². The van der Waals surface area contributed by atoms with Crippen molar-refractivity contribution in [1.29, 1.82) is 0 Å². The van der Waals surface area contributed by atoms with Crippen LogP contribution in [0.15, 0.2) is 227 Å². The molecule has 12 rings (SSSR count). The van der Waals surface area contributed by atoms with Gasteiger partial charge in [0.1, 0.15) is 22.3 Å². The summed E-state index contributed by atoms with van der Waals surface area (Å²) in [7, 11) is 0. The van der Waals surface area contributed by atoms with E-state index in [1.165, 1.54) is 21.7 Å². The fourth-order valence-electron chi connectivity index (χ4n) is 8.95. The van der Waals surface area contributed by atoms with Gasteiger partial charge in [0.15, 0.2) is 0 Å². The Morgan fingerprint density at radius 3 is 1.45 bits per heavy atom. The summed E-state index contributed by atoms with van der Waals surface area (Å²) < 4.78 is 12.6. The van der Waals surface area contributed by atoms with E-state index < -0.39 is 0 Å². The van der Waals surface area contributed by atoms with Crippen molar-refractivity contribution >= 4 is 99.5 Å². The van der Waals surface area contributed by atoms with Crippen LogP contribution in [-0.4, -0.2) is 0 Å². The number of nitrogens with zero attached hydrogens (tertiary/aromatic N) is 2. The summed E-state index contributed by atoms with van der Waals surface area (Å²) in [5.41, 5.74) is 12.2. The normalized spacial score (nSPS) is 11.7. The number of hydrogen-bond donors (Lipinski definition) is 0. The first kappa shape index (κ1) is 34.0. The van der Waals surface area contributed by atoms with Crippen molar-refractivity contribution in [3.8, 4) is 11.1 Å². The molecular formula is C56H36N2O2. The summed E-state index contributed by atoms with van der Waals surface area (Å²) in [5.74, 6) is 0. The quantitative estimate of drug-likeness (QED) is 0.151. The Morgan fingerprint density at radius 1 is 0.233 bits per heavy atom.